The first-order chi connectivity index (χ1) is 13.6. The van der Waals surface area contributed by atoms with Gasteiger partial charge in [-0.25, -0.2) is 9.18 Å². The van der Waals surface area contributed by atoms with E-state index in [0.29, 0.717) is 17.1 Å². The molecule has 6 heteroatoms. The lowest BCUT2D eigenvalue weighted by Crippen LogP contribution is -2.28. The van der Waals surface area contributed by atoms with Gasteiger partial charge in [0.2, 0.25) is 0 Å². The van der Waals surface area contributed by atoms with Crippen molar-refractivity contribution in [1.82, 2.24) is 0 Å². The second kappa shape index (κ2) is 7.68. The maximum Gasteiger partial charge on any atom is 0.351 e. The largest absolute Gasteiger partial charge is 0.422 e. The molecule has 5 nitrogen and oxygen atoms in total. The molecule has 0 atom stereocenters. The molecule has 1 aromatic heterocycles. The molecule has 1 aliphatic heterocycles. The molecule has 0 spiro atoms. The first-order valence-electron chi connectivity index (χ1n) is 9.17. The highest BCUT2D eigenvalue weighted by Crippen LogP contribution is 2.29. The molecule has 1 aliphatic rings. The van der Waals surface area contributed by atoms with Crippen molar-refractivity contribution in [2.45, 2.75) is 12.8 Å². The maximum atomic E-state index is 13.1. The van der Waals surface area contributed by atoms with Gasteiger partial charge in [0.25, 0.3) is 5.91 Å². The van der Waals surface area contributed by atoms with Gasteiger partial charge in [0.1, 0.15) is 17.1 Å². The lowest BCUT2D eigenvalue weighted by Gasteiger charge is -2.21. The van der Waals surface area contributed by atoms with Gasteiger partial charge in [0.05, 0.1) is 5.69 Å². The number of nitrogens with zero attached hydrogens (tertiary/aromatic N) is 1. The van der Waals surface area contributed by atoms with Crippen molar-refractivity contribution < 1.29 is 13.6 Å². The summed E-state index contributed by atoms with van der Waals surface area (Å²) in [5.74, 6) is -0.546. The summed E-state index contributed by atoms with van der Waals surface area (Å²) in [5.41, 5.74) is 1.01. The number of hydrogen-bond donors (Lipinski definition) is 1. The van der Waals surface area contributed by atoms with Gasteiger partial charge in [0, 0.05) is 30.4 Å². The van der Waals surface area contributed by atoms with Crippen LogP contribution in [0.2, 0.25) is 0 Å². The van der Waals surface area contributed by atoms with Crippen LogP contribution in [0, 0.1) is 5.82 Å². The summed E-state index contributed by atoms with van der Waals surface area (Å²) in [6, 6.07) is 16.4. The van der Waals surface area contributed by atoms with Crippen LogP contribution < -0.4 is 15.8 Å². The molecule has 4 rings (SSSR count). The number of benzene rings is 2. The van der Waals surface area contributed by atoms with E-state index < -0.39 is 17.3 Å². The number of rotatable bonds is 4. The molecular weight excluding hydrogens is 359 g/mol. The van der Waals surface area contributed by atoms with Crippen LogP contribution in [0.3, 0.4) is 0 Å². The molecule has 2 heterocycles. The molecular formula is C22H19FN2O3. The smallest absolute Gasteiger partial charge is 0.351 e. The molecule has 0 radical (unpaired) electrons. The molecule has 2 aromatic carbocycles. The van der Waals surface area contributed by atoms with E-state index in [0.717, 1.165) is 31.5 Å². The fourth-order valence-corrected chi connectivity index (χ4v) is 3.37. The average molecular weight is 378 g/mol. The molecule has 1 amide bonds. The van der Waals surface area contributed by atoms with Gasteiger partial charge in [-0.2, -0.15) is 0 Å². The number of amides is 1. The van der Waals surface area contributed by atoms with Crippen LogP contribution >= 0.6 is 0 Å². The fraction of sp³-hybridized carbons (Fsp3) is 0.182. The zero-order chi connectivity index (χ0) is 19.5. The Labute approximate surface area is 161 Å². The molecule has 0 unspecified atom stereocenters. The maximum absolute atomic E-state index is 13.1. The van der Waals surface area contributed by atoms with E-state index in [2.05, 4.69) is 5.32 Å². The summed E-state index contributed by atoms with van der Waals surface area (Å²) in [4.78, 5) is 27.6. The van der Waals surface area contributed by atoms with Crippen LogP contribution in [0.5, 0.6) is 0 Å². The van der Waals surface area contributed by atoms with E-state index in [1.165, 1.54) is 24.3 Å². The summed E-state index contributed by atoms with van der Waals surface area (Å²) < 4.78 is 18.6. The standard InChI is InChI=1S/C22H19FN2O3/c23-16-8-10-17(11-9-16)24-21(26)20-18(25-12-4-5-13-25)14-19(28-22(20)27)15-6-2-1-3-7-15/h1-3,6-11,14H,4-5,12-13H2,(H,24,26). The van der Waals surface area contributed by atoms with Gasteiger partial charge in [-0.05, 0) is 37.1 Å². The first kappa shape index (κ1) is 18.0. The molecule has 0 bridgehead atoms. The molecule has 1 N–H and O–H groups in total. The minimum atomic E-state index is -0.692. The fourth-order valence-electron chi connectivity index (χ4n) is 3.37. The van der Waals surface area contributed by atoms with E-state index in [1.54, 1.807) is 6.07 Å². The van der Waals surface area contributed by atoms with Gasteiger partial charge >= 0.3 is 5.63 Å². The minimum Gasteiger partial charge on any atom is -0.422 e. The third-order valence-electron chi connectivity index (χ3n) is 4.76. The van der Waals surface area contributed by atoms with Crippen LogP contribution in [-0.2, 0) is 0 Å². The molecule has 0 aliphatic carbocycles. The van der Waals surface area contributed by atoms with Gasteiger partial charge in [-0.3, -0.25) is 4.79 Å². The summed E-state index contributed by atoms with van der Waals surface area (Å²) >= 11 is 0. The lowest BCUT2D eigenvalue weighted by molar-refractivity contribution is 0.102. The predicted molar refractivity (Wildman–Crippen MR) is 106 cm³/mol. The molecule has 1 saturated heterocycles. The number of nitrogens with one attached hydrogen (secondary N) is 1. The minimum absolute atomic E-state index is 0.0362. The third-order valence-corrected chi connectivity index (χ3v) is 4.76. The number of anilines is 2. The molecule has 28 heavy (non-hydrogen) atoms. The van der Waals surface area contributed by atoms with Crippen molar-refractivity contribution in [2.75, 3.05) is 23.3 Å². The van der Waals surface area contributed by atoms with Crippen molar-refractivity contribution in [3.8, 4) is 11.3 Å². The monoisotopic (exact) mass is 378 g/mol. The summed E-state index contributed by atoms with van der Waals surface area (Å²) in [6.07, 6.45) is 2.00. The van der Waals surface area contributed by atoms with Crippen LogP contribution in [0.15, 0.2) is 69.9 Å². The molecule has 1 fully saturated rings. The van der Waals surface area contributed by atoms with Crippen LogP contribution in [0.4, 0.5) is 15.8 Å². The molecule has 3 aromatic rings. The average Bonchev–Trinajstić information content (AvgIpc) is 3.24. The van der Waals surface area contributed by atoms with Crippen LogP contribution in [0.1, 0.15) is 23.2 Å². The number of carbonyl (C=O) groups excluding carboxylic acids is 1. The van der Waals surface area contributed by atoms with E-state index in [9.17, 15) is 14.0 Å². The third kappa shape index (κ3) is 3.67. The Balaban J connectivity index is 1.75. The van der Waals surface area contributed by atoms with Crippen LogP contribution in [0.25, 0.3) is 11.3 Å². The van der Waals surface area contributed by atoms with E-state index in [1.807, 2.05) is 35.2 Å². The van der Waals surface area contributed by atoms with Crippen LogP contribution in [-0.4, -0.2) is 19.0 Å². The van der Waals surface area contributed by atoms with Crippen molar-refractivity contribution in [2.24, 2.45) is 0 Å². The Kier molecular flexibility index (Phi) is 4.93. The van der Waals surface area contributed by atoms with Gasteiger partial charge in [-0.15, -0.1) is 0 Å². The summed E-state index contributed by atoms with van der Waals surface area (Å²) in [5, 5.41) is 2.66. The predicted octanol–water partition coefficient (Wildman–Crippen LogP) is 4.30. The second-order valence-electron chi connectivity index (χ2n) is 6.68. The van der Waals surface area contributed by atoms with Gasteiger partial charge in [0.15, 0.2) is 0 Å². The molecule has 142 valence electrons. The zero-order valence-electron chi connectivity index (χ0n) is 15.2. The zero-order valence-corrected chi connectivity index (χ0v) is 15.2. The van der Waals surface area contributed by atoms with Gasteiger partial charge in [-0.1, -0.05) is 30.3 Å². The van der Waals surface area contributed by atoms with Crippen molar-refractivity contribution >= 4 is 17.3 Å². The van der Waals surface area contributed by atoms with Crippen molar-refractivity contribution in [3.05, 3.63) is 82.5 Å². The lowest BCUT2D eigenvalue weighted by atomic mass is 10.1. The van der Waals surface area contributed by atoms with Crippen molar-refractivity contribution in [1.29, 1.82) is 0 Å². The summed E-state index contributed by atoms with van der Waals surface area (Å²) in [6.45, 7) is 1.54. The highest BCUT2D eigenvalue weighted by Gasteiger charge is 2.25. The Hall–Kier alpha value is -3.41. The van der Waals surface area contributed by atoms with Crippen molar-refractivity contribution in [3.63, 3.8) is 0 Å². The van der Waals surface area contributed by atoms with E-state index in [-0.39, 0.29) is 5.56 Å². The topological polar surface area (TPSA) is 62.6 Å². The highest BCUT2D eigenvalue weighted by atomic mass is 19.1. The first-order valence-corrected chi connectivity index (χ1v) is 9.17. The van der Waals surface area contributed by atoms with E-state index in [4.69, 9.17) is 4.42 Å². The summed E-state index contributed by atoms with van der Waals surface area (Å²) in [7, 11) is 0. The Bertz CT molecular complexity index is 1040. The Morgan fingerprint density at radius 3 is 2.36 bits per heavy atom. The number of hydrogen-bond acceptors (Lipinski definition) is 4. The Morgan fingerprint density at radius 2 is 1.68 bits per heavy atom. The number of halogens is 1. The quantitative estimate of drug-likeness (QED) is 0.735. The van der Waals surface area contributed by atoms with Gasteiger partial charge < -0.3 is 14.6 Å². The second-order valence-corrected chi connectivity index (χ2v) is 6.68. The number of carbonyl (C=O) groups is 1. The highest BCUT2D eigenvalue weighted by molar-refractivity contribution is 6.08. The molecule has 0 saturated carbocycles. The Morgan fingerprint density at radius 1 is 1.00 bits per heavy atom. The SMILES string of the molecule is O=C(Nc1ccc(F)cc1)c1c(N2CCCC2)cc(-c2ccccc2)oc1=O. The van der Waals surface area contributed by atoms with E-state index >= 15 is 0 Å². The normalized spacial score (nSPS) is 13.5.